The third kappa shape index (κ3) is 4.69. The topological polar surface area (TPSA) is 67.8 Å². The first-order chi connectivity index (χ1) is 14.1. The van der Waals surface area contributed by atoms with Crippen molar-refractivity contribution in [2.24, 2.45) is 5.92 Å². The predicted octanol–water partition coefficient (Wildman–Crippen LogP) is 5.29. The van der Waals surface area contributed by atoms with Crippen LogP contribution in [0.5, 0.6) is 17.2 Å². The summed E-state index contributed by atoms with van der Waals surface area (Å²) in [6.45, 7) is 0.667. The van der Waals surface area contributed by atoms with Gasteiger partial charge >= 0.3 is 5.97 Å². The van der Waals surface area contributed by atoms with Crippen molar-refractivity contribution in [1.29, 1.82) is 0 Å². The van der Waals surface area contributed by atoms with Crippen LogP contribution in [0.2, 0.25) is 0 Å². The average Bonchev–Trinajstić information content (AvgIpc) is 3.55. The standard InChI is InChI=1S/C24H23NO4/c1-28-19-9-11-20(12-10-19)29-21-4-2-3-16(13-21)15-25-18-7-5-17(6-8-18)22-14-23(22)24(26)27/h2-13,22-23,25H,14-15H2,1H3,(H,26,27)/t22-,23+/m0/s1. The molecule has 0 aromatic heterocycles. The van der Waals surface area contributed by atoms with Crippen molar-refractivity contribution >= 4 is 11.7 Å². The highest BCUT2D eigenvalue weighted by atomic mass is 16.5. The lowest BCUT2D eigenvalue weighted by atomic mass is 10.1. The zero-order valence-corrected chi connectivity index (χ0v) is 16.2. The van der Waals surface area contributed by atoms with E-state index in [0.717, 1.165) is 40.5 Å². The van der Waals surface area contributed by atoms with Crippen molar-refractivity contribution in [3.05, 3.63) is 83.9 Å². The van der Waals surface area contributed by atoms with E-state index in [-0.39, 0.29) is 11.8 Å². The number of hydrogen-bond donors (Lipinski definition) is 2. The summed E-state index contributed by atoms with van der Waals surface area (Å²) >= 11 is 0. The van der Waals surface area contributed by atoms with E-state index >= 15 is 0 Å². The molecule has 0 bridgehead atoms. The average molecular weight is 389 g/mol. The summed E-state index contributed by atoms with van der Waals surface area (Å²) in [6.07, 6.45) is 0.739. The van der Waals surface area contributed by atoms with Gasteiger partial charge in [0.1, 0.15) is 17.2 Å². The Kier molecular flexibility index (Phi) is 5.38. The number of benzene rings is 3. The van der Waals surface area contributed by atoms with Crippen molar-refractivity contribution in [1.82, 2.24) is 0 Å². The van der Waals surface area contributed by atoms with E-state index in [9.17, 15) is 4.79 Å². The molecule has 2 atom stereocenters. The normalized spacial score (nSPS) is 17.4. The number of carbonyl (C=O) groups is 1. The lowest BCUT2D eigenvalue weighted by molar-refractivity contribution is -0.138. The molecule has 0 unspecified atom stereocenters. The first kappa shape index (κ1) is 18.9. The van der Waals surface area contributed by atoms with Gasteiger partial charge in [-0.3, -0.25) is 4.79 Å². The molecule has 1 saturated carbocycles. The number of carboxylic acid groups (broad SMARTS) is 1. The lowest BCUT2D eigenvalue weighted by Crippen LogP contribution is -2.00. The number of ether oxygens (including phenoxy) is 2. The van der Waals surface area contributed by atoms with E-state index in [1.807, 2.05) is 72.8 Å². The Morgan fingerprint density at radius 3 is 2.38 bits per heavy atom. The van der Waals surface area contributed by atoms with Crippen LogP contribution in [0.3, 0.4) is 0 Å². The predicted molar refractivity (Wildman–Crippen MR) is 112 cm³/mol. The van der Waals surface area contributed by atoms with Crippen LogP contribution in [0.1, 0.15) is 23.5 Å². The summed E-state index contributed by atoms with van der Waals surface area (Å²) in [5, 5.41) is 12.5. The van der Waals surface area contributed by atoms with Crippen LogP contribution in [0.15, 0.2) is 72.8 Å². The zero-order valence-electron chi connectivity index (χ0n) is 16.2. The maximum atomic E-state index is 11.0. The number of carboxylic acids is 1. The number of rotatable bonds is 8. The molecule has 1 fully saturated rings. The van der Waals surface area contributed by atoms with Crippen molar-refractivity contribution in [3.63, 3.8) is 0 Å². The first-order valence-electron chi connectivity index (χ1n) is 9.60. The SMILES string of the molecule is COc1ccc(Oc2cccc(CNc3ccc([C@@H]4C[C@H]4C(=O)O)cc3)c2)cc1. The summed E-state index contributed by atoms with van der Waals surface area (Å²) in [5.41, 5.74) is 3.20. The van der Waals surface area contributed by atoms with E-state index in [2.05, 4.69) is 5.32 Å². The monoisotopic (exact) mass is 389 g/mol. The molecular weight excluding hydrogens is 366 g/mol. The molecule has 0 radical (unpaired) electrons. The highest BCUT2D eigenvalue weighted by Crippen LogP contribution is 2.47. The molecule has 0 saturated heterocycles. The molecule has 1 aliphatic carbocycles. The van der Waals surface area contributed by atoms with Crippen LogP contribution in [0.4, 0.5) is 5.69 Å². The fourth-order valence-corrected chi connectivity index (χ4v) is 3.39. The molecule has 29 heavy (non-hydrogen) atoms. The molecule has 1 aliphatic rings. The largest absolute Gasteiger partial charge is 0.497 e. The van der Waals surface area contributed by atoms with Crippen LogP contribution in [0, 0.1) is 5.92 Å². The van der Waals surface area contributed by atoms with Crippen molar-refractivity contribution in [2.45, 2.75) is 18.9 Å². The smallest absolute Gasteiger partial charge is 0.307 e. The molecule has 5 nitrogen and oxygen atoms in total. The molecule has 5 heteroatoms. The Labute approximate surface area is 169 Å². The van der Waals surface area contributed by atoms with Crippen molar-refractivity contribution in [2.75, 3.05) is 12.4 Å². The van der Waals surface area contributed by atoms with Gasteiger partial charge in [-0.1, -0.05) is 24.3 Å². The van der Waals surface area contributed by atoms with E-state index < -0.39 is 5.97 Å². The first-order valence-corrected chi connectivity index (χ1v) is 9.60. The van der Waals surface area contributed by atoms with Gasteiger partial charge in [-0.2, -0.15) is 0 Å². The Bertz CT molecular complexity index is 983. The van der Waals surface area contributed by atoms with Crippen LogP contribution in [-0.2, 0) is 11.3 Å². The maximum absolute atomic E-state index is 11.0. The lowest BCUT2D eigenvalue weighted by Gasteiger charge is -2.10. The zero-order chi connectivity index (χ0) is 20.2. The van der Waals surface area contributed by atoms with Gasteiger partial charge in [-0.05, 0) is 72.0 Å². The van der Waals surface area contributed by atoms with Crippen LogP contribution in [-0.4, -0.2) is 18.2 Å². The minimum Gasteiger partial charge on any atom is -0.497 e. The van der Waals surface area contributed by atoms with E-state index in [4.69, 9.17) is 14.6 Å². The summed E-state index contributed by atoms with van der Waals surface area (Å²) in [7, 11) is 1.64. The number of methoxy groups -OCH3 is 1. The minimum atomic E-state index is -0.700. The molecule has 148 valence electrons. The Balaban J connectivity index is 1.34. The summed E-state index contributed by atoms with van der Waals surface area (Å²) < 4.78 is 11.1. The van der Waals surface area contributed by atoms with Crippen LogP contribution < -0.4 is 14.8 Å². The van der Waals surface area contributed by atoms with Gasteiger partial charge in [0.15, 0.2) is 0 Å². The molecule has 3 aromatic carbocycles. The summed E-state index contributed by atoms with van der Waals surface area (Å²) in [4.78, 5) is 11.0. The highest BCUT2D eigenvalue weighted by Gasteiger charge is 2.43. The van der Waals surface area contributed by atoms with Crippen LogP contribution >= 0.6 is 0 Å². The molecule has 3 aromatic rings. The van der Waals surface area contributed by atoms with Gasteiger partial charge < -0.3 is 19.9 Å². The molecule has 0 spiro atoms. The highest BCUT2D eigenvalue weighted by molar-refractivity contribution is 5.75. The molecule has 0 heterocycles. The third-order valence-electron chi connectivity index (χ3n) is 5.14. The second kappa shape index (κ2) is 8.27. The van der Waals surface area contributed by atoms with E-state index in [0.29, 0.717) is 6.54 Å². The Morgan fingerprint density at radius 2 is 1.72 bits per heavy atom. The van der Waals surface area contributed by atoms with Gasteiger partial charge in [-0.25, -0.2) is 0 Å². The Morgan fingerprint density at radius 1 is 1.00 bits per heavy atom. The quantitative estimate of drug-likeness (QED) is 0.548. The van der Waals surface area contributed by atoms with Crippen molar-refractivity contribution < 1.29 is 19.4 Å². The van der Waals surface area contributed by atoms with Gasteiger partial charge in [0.2, 0.25) is 0 Å². The second-order valence-corrected chi connectivity index (χ2v) is 7.19. The second-order valence-electron chi connectivity index (χ2n) is 7.19. The molecular formula is C24H23NO4. The number of anilines is 1. The summed E-state index contributed by atoms with van der Waals surface area (Å²) in [5.74, 6) is 1.57. The van der Waals surface area contributed by atoms with E-state index in [1.54, 1.807) is 7.11 Å². The molecule has 0 aliphatic heterocycles. The van der Waals surface area contributed by atoms with Gasteiger partial charge in [0.25, 0.3) is 0 Å². The third-order valence-corrected chi connectivity index (χ3v) is 5.14. The number of aliphatic carboxylic acids is 1. The fraction of sp³-hybridized carbons (Fsp3) is 0.208. The molecule has 2 N–H and O–H groups in total. The number of nitrogens with one attached hydrogen (secondary N) is 1. The maximum Gasteiger partial charge on any atom is 0.307 e. The fourth-order valence-electron chi connectivity index (χ4n) is 3.39. The van der Waals surface area contributed by atoms with Gasteiger partial charge in [-0.15, -0.1) is 0 Å². The molecule has 4 rings (SSSR count). The minimum absolute atomic E-state index is 0.160. The van der Waals surface area contributed by atoms with Gasteiger partial charge in [0, 0.05) is 12.2 Å². The number of hydrogen-bond acceptors (Lipinski definition) is 4. The van der Waals surface area contributed by atoms with E-state index in [1.165, 1.54) is 0 Å². The van der Waals surface area contributed by atoms with Crippen LogP contribution in [0.25, 0.3) is 0 Å². The van der Waals surface area contributed by atoms with Gasteiger partial charge in [0.05, 0.1) is 13.0 Å². The molecule has 0 amide bonds. The van der Waals surface area contributed by atoms with Crippen molar-refractivity contribution in [3.8, 4) is 17.2 Å². The summed E-state index contributed by atoms with van der Waals surface area (Å²) in [6, 6.07) is 23.5. The Hall–Kier alpha value is -3.47.